The van der Waals surface area contributed by atoms with E-state index in [0.717, 1.165) is 13.0 Å². The number of rotatable bonds is 2. The number of carbonyl (C=O) groups is 1. The van der Waals surface area contributed by atoms with Crippen molar-refractivity contribution >= 4 is 5.78 Å². The SMILES string of the molecule is C/C(O)=C(/C#N)C(=O)c1c(F)c(F)c(F)c(F)c1F. The first kappa shape index (κ1) is 14.6. The van der Waals surface area contributed by atoms with Crippen molar-refractivity contribution in [2.45, 2.75) is 6.92 Å². The maximum absolute atomic E-state index is 13.3. The van der Waals surface area contributed by atoms with Gasteiger partial charge in [-0.1, -0.05) is 0 Å². The van der Waals surface area contributed by atoms with Gasteiger partial charge in [0.1, 0.15) is 23.0 Å². The first-order valence-electron chi connectivity index (χ1n) is 4.60. The first-order chi connectivity index (χ1) is 8.73. The molecule has 0 saturated carbocycles. The number of halogens is 5. The van der Waals surface area contributed by atoms with Crippen LogP contribution < -0.4 is 0 Å². The monoisotopic (exact) mass is 277 g/mol. The van der Waals surface area contributed by atoms with Crippen LogP contribution in [-0.4, -0.2) is 10.9 Å². The average Bonchev–Trinajstić information content (AvgIpc) is 2.34. The molecule has 0 aliphatic heterocycles. The van der Waals surface area contributed by atoms with Gasteiger partial charge in [-0.3, -0.25) is 4.79 Å². The lowest BCUT2D eigenvalue weighted by Gasteiger charge is -2.06. The molecular weight excluding hydrogens is 273 g/mol. The van der Waals surface area contributed by atoms with Gasteiger partial charge < -0.3 is 5.11 Å². The highest BCUT2D eigenvalue weighted by molar-refractivity contribution is 6.11. The van der Waals surface area contributed by atoms with Crippen molar-refractivity contribution in [1.29, 1.82) is 5.26 Å². The maximum atomic E-state index is 13.3. The number of aliphatic hydroxyl groups is 1. The summed E-state index contributed by atoms with van der Waals surface area (Å²) in [6.07, 6.45) is 0. The van der Waals surface area contributed by atoms with E-state index < -0.39 is 51.8 Å². The van der Waals surface area contributed by atoms with Gasteiger partial charge in [-0.25, -0.2) is 22.0 Å². The van der Waals surface area contributed by atoms with Crippen LogP contribution in [0.5, 0.6) is 0 Å². The highest BCUT2D eigenvalue weighted by Crippen LogP contribution is 2.25. The zero-order chi connectivity index (χ0) is 14.9. The van der Waals surface area contributed by atoms with Crippen LogP contribution in [0.25, 0.3) is 0 Å². The number of benzene rings is 1. The number of Topliss-reactive ketones (excluding diaryl/α,β-unsaturated/α-hetero) is 1. The minimum atomic E-state index is -2.42. The molecular formula is C11H4F5NO2. The van der Waals surface area contributed by atoms with Crippen LogP contribution in [0.4, 0.5) is 22.0 Å². The van der Waals surface area contributed by atoms with Gasteiger partial charge in [0, 0.05) is 0 Å². The van der Waals surface area contributed by atoms with Gasteiger partial charge in [0.15, 0.2) is 23.3 Å². The molecule has 0 aliphatic rings. The Hall–Kier alpha value is -2.43. The third-order valence-electron chi connectivity index (χ3n) is 2.14. The third kappa shape index (κ3) is 2.27. The first-order valence-corrected chi connectivity index (χ1v) is 4.60. The molecule has 1 aromatic rings. The van der Waals surface area contributed by atoms with Gasteiger partial charge in [0.05, 0.1) is 0 Å². The molecule has 0 aliphatic carbocycles. The fraction of sp³-hybridized carbons (Fsp3) is 0.0909. The summed E-state index contributed by atoms with van der Waals surface area (Å²) >= 11 is 0. The Bertz CT molecular complexity index is 612. The molecule has 0 atom stereocenters. The van der Waals surface area contributed by atoms with E-state index in [-0.39, 0.29) is 0 Å². The number of allylic oxidation sites excluding steroid dienone is 2. The van der Waals surface area contributed by atoms with Crippen molar-refractivity contribution in [3.63, 3.8) is 0 Å². The molecule has 1 aromatic carbocycles. The van der Waals surface area contributed by atoms with Crippen molar-refractivity contribution in [1.82, 2.24) is 0 Å². The zero-order valence-electron chi connectivity index (χ0n) is 9.19. The second-order valence-electron chi connectivity index (χ2n) is 3.35. The van der Waals surface area contributed by atoms with E-state index in [2.05, 4.69) is 0 Å². The fourth-order valence-electron chi connectivity index (χ4n) is 1.23. The molecule has 0 aromatic heterocycles. The van der Waals surface area contributed by atoms with Crippen LogP contribution in [0, 0.1) is 40.4 Å². The highest BCUT2D eigenvalue weighted by Gasteiger charge is 2.31. The topological polar surface area (TPSA) is 61.1 Å². The molecule has 0 radical (unpaired) electrons. The van der Waals surface area contributed by atoms with Crippen molar-refractivity contribution in [2.75, 3.05) is 0 Å². The molecule has 0 saturated heterocycles. The molecule has 8 heteroatoms. The van der Waals surface area contributed by atoms with E-state index in [9.17, 15) is 26.7 Å². The van der Waals surface area contributed by atoms with Gasteiger partial charge in [-0.2, -0.15) is 5.26 Å². The van der Waals surface area contributed by atoms with E-state index in [1.54, 1.807) is 0 Å². The fourth-order valence-corrected chi connectivity index (χ4v) is 1.23. The molecule has 19 heavy (non-hydrogen) atoms. The summed E-state index contributed by atoms with van der Waals surface area (Å²) in [7, 11) is 0. The summed E-state index contributed by atoms with van der Waals surface area (Å²) in [4.78, 5) is 11.5. The lowest BCUT2D eigenvalue weighted by molar-refractivity contribution is 0.102. The van der Waals surface area contributed by atoms with E-state index >= 15 is 0 Å². The summed E-state index contributed by atoms with van der Waals surface area (Å²) in [6, 6.07) is 1.12. The second kappa shape index (κ2) is 5.06. The van der Waals surface area contributed by atoms with Crippen LogP contribution >= 0.6 is 0 Å². The predicted octanol–water partition coefficient (Wildman–Crippen LogP) is 2.92. The summed E-state index contributed by atoms with van der Waals surface area (Å²) in [5.74, 6) is -14.5. The quantitative estimate of drug-likeness (QED) is 0.172. The lowest BCUT2D eigenvalue weighted by atomic mass is 10.0. The van der Waals surface area contributed by atoms with Crippen LogP contribution in [0.3, 0.4) is 0 Å². The Labute approximate surface area is 103 Å². The smallest absolute Gasteiger partial charge is 0.213 e. The normalized spacial score (nSPS) is 11.8. The zero-order valence-corrected chi connectivity index (χ0v) is 9.19. The number of nitrogens with zero attached hydrogens (tertiary/aromatic N) is 1. The second-order valence-corrected chi connectivity index (χ2v) is 3.35. The number of aliphatic hydroxyl groups excluding tert-OH is 1. The molecule has 0 bridgehead atoms. The third-order valence-corrected chi connectivity index (χ3v) is 2.14. The van der Waals surface area contributed by atoms with Gasteiger partial charge in [-0.05, 0) is 6.92 Å². The van der Waals surface area contributed by atoms with Crippen molar-refractivity contribution in [3.8, 4) is 6.07 Å². The molecule has 0 spiro atoms. The molecule has 1 rings (SSSR count). The largest absolute Gasteiger partial charge is 0.511 e. The number of ketones is 1. The van der Waals surface area contributed by atoms with Crippen LogP contribution in [0.15, 0.2) is 11.3 Å². The van der Waals surface area contributed by atoms with Crippen molar-refractivity contribution in [3.05, 3.63) is 46.0 Å². The molecule has 0 heterocycles. The van der Waals surface area contributed by atoms with Gasteiger partial charge >= 0.3 is 0 Å². The Morgan fingerprint density at radius 2 is 1.37 bits per heavy atom. The predicted molar refractivity (Wildman–Crippen MR) is 51.5 cm³/mol. The van der Waals surface area contributed by atoms with Crippen LogP contribution in [0.2, 0.25) is 0 Å². The summed E-state index contributed by atoms with van der Waals surface area (Å²) in [5.41, 5.74) is -2.91. The van der Waals surface area contributed by atoms with Crippen LogP contribution in [-0.2, 0) is 0 Å². The summed E-state index contributed by atoms with van der Waals surface area (Å²) < 4.78 is 65.0. The lowest BCUT2D eigenvalue weighted by Crippen LogP contribution is -2.15. The minimum Gasteiger partial charge on any atom is -0.511 e. The number of hydrogen-bond donors (Lipinski definition) is 1. The van der Waals surface area contributed by atoms with E-state index in [1.807, 2.05) is 0 Å². The molecule has 100 valence electrons. The minimum absolute atomic E-state index is 0.850. The standard InChI is InChI=1S/C11H4F5NO2/c1-3(18)4(2-17)11(19)5-6(12)8(14)10(16)9(15)7(5)13/h18H,1H3/b4-3+. The molecule has 0 fully saturated rings. The highest BCUT2D eigenvalue weighted by atomic mass is 19.2. The van der Waals surface area contributed by atoms with Crippen LogP contribution in [0.1, 0.15) is 17.3 Å². The maximum Gasteiger partial charge on any atom is 0.213 e. The summed E-state index contributed by atoms with van der Waals surface area (Å²) in [5, 5.41) is 17.5. The molecule has 0 unspecified atom stereocenters. The van der Waals surface area contributed by atoms with E-state index in [0.29, 0.717) is 0 Å². The Morgan fingerprint density at radius 1 is 1.00 bits per heavy atom. The number of nitriles is 1. The van der Waals surface area contributed by atoms with Crippen molar-refractivity contribution in [2.24, 2.45) is 0 Å². The molecule has 1 N–H and O–H groups in total. The number of carbonyl (C=O) groups excluding carboxylic acids is 1. The van der Waals surface area contributed by atoms with Gasteiger partial charge in [0.2, 0.25) is 11.6 Å². The molecule has 3 nitrogen and oxygen atoms in total. The summed E-state index contributed by atoms with van der Waals surface area (Å²) in [6.45, 7) is 0.850. The van der Waals surface area contributed by atoms with Gasteiger partial charge in [-0.15, -0.1) is 0 Å². The van der Waals surface area contributed by atoms with Crippen molar-refractivity contribution < 1.29 is 31.9 Å². The Balaban J connectivity index is 3.68. The Morgan fingerprint density at radius 3 is 1.68 bits per heavy atom. The Kier molecular flexibility index (Phi) is 3.89. The van der Waals surface area contributed by atoms with E-state index in [4.69, 9.17) is 10.4 Å². The van der Waals surface area contributed by atoms with E-state index in [1.165, 1.54) is 0 Å². The molecule has 0 amide bonds. The average molecular weight is 277 g/mol. The van der Waals surface area contributed by atoms with Gasteiger partial charge in [0.25, 0.3) is 0 Å². The number of hydrogen-bond acceptors (Lipinski definition) is 3.